The molecule has 0 bridgehead atoms. The third-order valence-electron chi connectivity index (χ3n) is 5.40. The van der Waals surface area contributed by atoms with E-state index in [1.807, 2.05) is 27.7 Å². The van der Waals surface area contributed by atoms with Crippen LogP contribution < -0.4 is 11.1 Å². The Hall–Kier alpha value is -1.48. The second-order valence-corrected chi connectivity index (χ2v) is 9.33. The molecule has 2 rings (SSSR count). The maximum Gasteiger partial charge on any atom is 0.251 e. The fourth-order valence-corrected chi connectivity index (χ4v) is 4.64. The van der Waals surface area contributed by atoms with E-state index in [1.165, 1.54) is 10.4 Å². The summed E-state index contributed by atoms with van der Waals surface area (Å²) in [5, 5.41) is 2.96. The van der Waals surface area contributed by atoms with Crippen LogP contribution in [0.5, 0.6) is 0 Å². The molecule has 27 heavy (non-hydrogen) atoms. The van der Waals surface area contributed by atoms with Gasteiger partial charge in [-0.25, -0.2) is 8.42 Å². The lowest BCUT2D eigenvalue weighted by Gasteiger charge is -2.33. The molecule has 1 saturated heterocycles. The molecule has 1 aliphatic rings. The first kappa shape index (κ1) is 21.8. The summed E-state index contributed by atoms with van der Waals surface area (Å²) in [6.07, 6.45) is 0.563. The molecule has 1 atom stereocenters. The quantitative estimate of drug-likeness (QED) is 0.724. The highest BCUT2D eigenvalue weighted by atomic mass is 32.2. The van der Waals surface area contributed by atoms with Gasteiger partial charge in [-0.2, -0.15) is 4.31 Å². The first-order chi connectivity index (χ1) is 12.7. The highest BCUT2D eigenvalue weighted by molar-refractivity contribution is 7.89. The fraction of sp³-hybridized carbons (Fsp3) is 0.632. The Kier molecular flexibility index (Phi) is 7.02. The number of morpholine rings is 1. The van der Waals surface area contributed by atoms with Crippen LogP contribution in [0.1, 0.15) is 43.6 Å². The van der Waals surface area contributed by atoms with Gasteiger partial charge in [0, 0.05) is 25.2 Å². The molecule has 7 nitrogen and oxygen atoms in total. The third kappa shape index (κ3) is 4.68. The van der Waals surface area contributed by atoms with Crippen LogP contribution in [0.25, 0.3) is 0 Å². The second kappa shape index (κ2) is 8.68. The lowest BCUT2D eigenvalue weighted by atomic mass is 9.88. The molecule has 8 heteroatoms. The Morgan fingerprint density at radius 3 is 2.48 bits per heavy atom. The molecule has 1 unspecified atom stereocenters. The zero-order valence-corrected chi connectivity index (χ0v) is 17.4. The number of sulfonamides is 1. The van der Waals surface area contributed by atoms with E-state index in [1.54, 1.807) is 12.1 Å². The number of benzene rings is 1. The highest BCUT2D eigenvalue weighted by Crippen LogP contribution is 2.24. The number of nitrogens with zero attached hydrogens (tertiary/aromatic N) is 1. The van der Waals surface area contributed by atoms with Crippen molar-refractivity contribution in [1.82, 2.24) is 9.62 Å². The summed E-state index contributed by atoms with van der Waals surface area (Å²) in [6, 6.07) is 4.87. The number of ether oxygens (including phenoxy) is 1. The number of carbonyl (C=O) groups is 1. The normalized spacial score (nSPS) is 18.3. The van der Waals surface area contributed by atoms with E-state index in [9.17, 15) is 13.2 Å². The fourth-order valence-electron chi connectivity index (χ4n) is 2.92. The topological polar surface area (TPSA) is 102 Å². The third-order valence-corrected chi connectivity index (χ3v) is 7.38. The lowest BCUT2D eigenvalue weighted by Crippen LogP contribution is -2.55. The molecule has 1 aromatic carbocycles. The van der Waals surface area contributed by atoms with E-state index in [0.29, 0.717) is 50.4 Å². The molecule has 1 aliphatic heterocycles. The summed E-state index contributed by atoms with van der Waals surface area (Å²) >= 11 is 0. The molecule has 1 fully saturated rings. The Bertz CT molecular complexity index is 773. The standard InChI is InChI=1S/C19H31N3O4S/c1-5-15-6-7-16(18(23)21-19(4,13-20)14(2)3)12-17(15)27(24,25)22-8-10-26-11-9-22/h6-7,12,14H,5,8-11,13,20H2,1-4H3,(H,21,23). The SMILES string of the molecule is CCc1ccc(C(=O)NC(C)(CN)C(C)C)cc1S(=O)(=O)N1CCOCC1. The largest absolute Gasteiger partial charge is 0.379 e. The molecular weight excluding hydrogens is 366 g/mol. The summed E-state index contributed by atoms with van der Waals surface area (Å²) in [5.41, 5.74) is 6.30. The molecule has 1 heterocycles. The maximum atomic E-state index is 13.1. The minimum absolute atomic E-state index is 0.137. The Morgan fingerprint density at radius 1 is 1.33 bits per heavy atom. The Balaban J connectivity index is 2.38. The van der Waals surface area contributed by atoms with Crippen molar-refractivity contribution >= 4 is 15.9 Å². The molecule has 0 aromatic heterocycles. The van der Waals surface area contributed by atoms with E-state index in [4.69, 9.17) is 10.5 Å². The zero-order chi connectivity index (χ0) is 20.2. The van der Waals surface area contributed by atoms with E-state index < -0.39 is 15.6 Å². The number of nitrogens with one attached hydrogen (secondary N) is 1. The lowest BCUT2D eigenvalue weighted by molar-refractivity contribution is 0.0730. The number of aryl methyl sites for hydroxylation is 1. The van der Waals surface area contributed by atoms with Crippen molar-refractivity contribution in [3.63, 3.8) is 0 Å². The zero-order valence-electron chi connectivity index (χ0n) is 16.6. The average Bonchev–Trinajstić information content (AvgIpc) is 2.67. The molecule has 0 spiro atoms. The minimum atomic E-state index is -3.68. The van der Waals surface area contributed by atoms with Gasteiger partial charge < -0.3 is 15.8 Å². The van der Waals surface area contributed by atoms with Crippen molar-refractivity contribution in [2.75, 3.05) is 32.8 Å². The van der Waals surface area contributed by atoms with E-state index in [0.717, 1.165) is 0 Å². The van der Waals surface area contributed by atoms with E-state index in [2.05, 4.69) is 5.32 Å². The van der Waals surface area contributed by atoms with Gasteiger partial charge in [-0.15, -0.1) is 0 Å². The van der Waals surface area contributed by atoms with Crippen LogP contribution in [0.3, 0.4) is 0 Å². The van der Waals surface area contributed by atoms with Gasteiger partial charge in [-0.05, 0) is 37.0 Å². The van der Waals surface area contributed by atoms with Gasteiger partial charge in [-0.1, -0.05) is 26.8 Å². The van der Waals surface area contributed by atoms with Crippen molar-refractivity contribution < 1.29 is 17.9 Å². The predicted octanol–water partition coefficient (Wildman–Crippen LogP) is 1.37. The average molecular weight is 398 g/mol. The predicted molar refractivity (Wildman–Crippen MR) is 105 cm³/mol. The molecule has 0 aliphatic carbocycles. The number of rotatable bonds is 7. The van der Waals surface area contributed by atoms with Crippen molar-refractivity contribution in [3.05, 3.63) is 29.3 Å². The van der Waals surface area contributed by atoms with Gasteiger partial charge in [0.15, 0.2) is 0 Å². The molecule has 0 saturated carbocycles. The first-order valence-corrected chi connectivity index (χ1v) is 10.8. The summed E-state index contributed by atoms with van der Waals surface area (Å²) in [5.74, 6) is -0.185. The van der Waals surface area contributed by atoms with Crippen molar-refractivity contribution in [1.29, 1.82) is 0 Å². The highest BCUT2D eigenvalue weighted by Gasteiger charge is 2.31. The van der Waals surface area contributed by atoms with Crippen LogP contribution in [0.4, 0.5) is 0 Å². The van der Waals surface area contributed by atoms with Gasteiger partial charge in [-0.3, -0.25) is 4.79 Å². The van der Waals surface area contributed by atoms with Crippen molar-refractivity contribution in [3.8, 4) is 0 Å². The smallest absolute Gasteiger partial charge is 0.251 e. The molecule has 1 aromatic rings. The van der Waals surface area contributed by atoms with E-state index in [-0.39, 0.29) is 16.7 Å². The van der Waals surface area contributed by atoms with Crippen LogP contribution >= 0.6 is 0 Å². The van der Waals surface area contributed by atoms with Gasteiger partial charge >= 0.3 is 0 Å². The number of hydrogen-bond donors (Lipinski definition) is 2. The van der Waals surface area contributed by atoms with Crippen LogP contribution in [0, 0.1) is 5.92 Å². The van der Waals surface area contributed by atoms with Gasteiger partial charge in [0.25, 0.3) is 5.91 Å². The van der Waals surface area contributed by atoms with Crippen molar-refractivity contribution in [2.24, 2.45) is 11.7 Å². The summed E-state index contributed by atoms with van der Waals surface area (Å²) in [7, 11) is -3.68. The second-order valence-electron chi connectivity index (χ2n) is 7.42. The number of nitrogens with two attached hydrogens (primary N) is 1. The van der Waals surface area contributed by atoms with Gasteiger partial charge in [0.05, 0.1) is 23.6 Å². The number of amides is 1. The monoisotopic (exact) mass is 397 g/mol. The summed E-state index contributed by atoms with van der Waals surface area (Å²) in [4.78, 5) is 13.0. The summed E-state index contributed by atoms with van der Waals surface area (Å²) in [6.45, 7) is 9.46. The van der Waals surface area contributed by atoms with Gasteiger partial charge in [0.1, 0.15) is 0 Å². The number of carbonyl (C=O) groups excluding carboxylic acids is 1. The first-order valence-electron chi connectivity index (χ1n) is 9.39. The molecule has 0 radical (unpaired) electrons. The Morgan fingerprint density at radius 2 is 1.96 bits per heavy atom. The minimum Gasteiger partial charge on any atom is -0.379 e. The van der Waals surface area contributed by atoms with Crippen LogP contribution in [0.15, 0.2) is 23.1 Å². The molecule has 1 amide bonds. The maximum absolute atomic E-state index is 13.1. The molecular formula is C19H31N3O4S. The van der Waals surface area contributed by atoms with Crippen LogP contribution in [0.2, 0.25) is 0 Å². The van der Waals surface area contributed by atoms with Crippen LogP contribution in [-0.2, 0) is 21.2 Å². The van der Waals surface area contributed by atoms with E-state index >= 15 is 0 Å². The van der Waals surface area contributed by atoms with Gasteiger partial charge in [0.2, 0.25) is 10.0 Å². The van der Waals surface area contributed by atoms with Crippen LogP contribution in [-0.4, -0.2) is 57.0 Å². The van der Waals surface area contributed by atoms with Crippen molar-refractivity contribution in [2.45, 2.75) is 44.6 Å². The number of hydrogen-bond acceptors (Lipinski definition) is 5. The summed E-state index contributed by atoms with van der Waals surface area (Å²) < 4.78 is 32.9. The molecule has 3 N–H and O–H groups in total. The molecule has 152 valence electrons. The Labute approximate surface area is 162 Å².